The van der Waals surface area contributed by atoms with Crippen molar-refractivity contribution in [2.75, 3.05) is 20.8 Å². The van der Waals surface area contributed by atoms with Crippen LogP contribution in [0.4, 0.5) is 4.39 Å². The Balaban J connectivity index is 1.24. The minimum absolute atomic E-state index is 0.0572. The van der Waals surface area contributed by atoms with Crippen molar-refractivity contribution in [1.82, 2.24) is 24.0 Å². The van der Waals surface area contributed by atoms with Crippen molar-refractivity contribution in [1.29, 1.82) is 0 Å². The van der Waals surface area contributed by atoms with Crippen LogP contribution in [0.1, 0.15) is 43.0 Å². The van der Waals surface area contributed by atoms with Gasteiger partial charge in [0.2, 0.25) is 0 Å². The molecule has 4 heterocycles. The summed E-state index contributed by atoms with van der Waals surface area (Å²) in [4.78, 5) is 25.9. The van der Waals surface area contributed by atoms with Crippen LogP contribution in [0.2, 0.25) is 0 Å². The summed E-state index contributed by atoms with van der Waals surface area (Å²) in [6.07, 6.45) is 4.63. The molecule has 3 atom stereocenters. The maximum absolute atomic E-state index is 15.0. The Labute approximate surface area is 255 Å². The van der Waals surface area contributed by atoms with E-state index >= 15 is 4.39 Å². The molecule has 5 aromatic rings. The molecule has 3 aliphatic rings. The van der Waals surface area contributed by atoms with Gasteiger partial charge < -0.3 is 23.5 Å². The van der Waals surface area contributed by atoms with E-state index in [-0.39, 0.29) is 11.7 Å². The lowest BCUT2D eigenvalue weighted by Gasteiger charge is -2.27. The smallest absolute Gasteiger partial charge is 0.254 e. The minimum Gasteiger partial charge on any atom is -0.497 e. The molecule has 2 aliphatic carbocycles. The molecule has 44 heavy (non-hydrogen) atoms. The maximum Gasteiger partial charge on any atom is 0.254 e. The van der Waals surface area contributed by atoms with Crippen molar-refractivity contribution in [2.24, 2.45) is 24.8 Å². The molecule has 8 nitrogen and oxygen atoms in total. The monoisotopic (exact) mass is 593 g/mol. The first-order valence-electron chi connectivity index (χ1n) is 15.5. The highest BCUT2D eigenvalue weighted by molar-refractivity contribution is 6.00. The highest BCUT2D eigenvalue weighted by atomic mass is 19.1. The Morgan fingerprint density at radius 3 is 2.52 bits per heavy atom. The van der Waals surface area contributed by atoms with Gasteiger partial charge in [-0.15, -0.1) is 0 Å². The van der Waals surface area contributed by atoms with E-state index in [9.17, 15) is 4.79 Å². The van der Waals surface area contributed by atoms with E-state index in [4.69, 9.17) is 19.4 Å². The molecule has 2 unspecified atom stereocenters. The summed E-state index contributed by atoms with van der Waals surface area (Å²) in [5.74, 6) is 3.27. The van der Waals surface area contributed by atoms with E-state index in [0.717, 1.165) is 53.1 Å². The molecule has 3 aromatic heterocycles. The molecule has 226 valence electrons. The maximum atomic E-state index is 15.0. The number of carbonyl (C=O) groups excluding carboxylic acids is 1. The normalized spacial score (nSPS) is 21.1. The largest absolute Gasteiger partial charge is 0.497 e. The summed E-state index contributed by atoms with van der Waals surface area (Å²) in [6.45, 7) is 3.91. The van der Waals surface area contributed by atoms with Crippen LogP contribution in [-0.4, -0.2) is 56.7 Å². The van der Waals surface area contributed by atoms with Gasteiger partial charge in [0.25, 0.3) is 5.91 Å². The molecular formula is C35H36FN5O3. The fourth-order valence-corrected chi connectivity index (χ4v) is 7.56. The van der Waals surface area contributed by atoms with Gasteiger partial charge in [-0.25, -0.2) is 14.4 Å². The third-order valence-electron chi connectivity index (χ3n) is 10.2. The van der Waals surface area contributed by atoms with Gasteiger partial charge in [-0.1, -0.05) is 6.92 Å². The highest BCUT2D eigenvalue weighted by Gasteiger charge is 2.46. The number of pyridine rings is 1. The van der Waals surface area contributed by atoms with E-state index in [1.165, 1.54) is 32.4 Å². The van der Waals surface area contributed by atoms with Crippen molar-refractivity contribution >= 4 is 28.0 Å². The van der Waals surface area contributed by atoms with Crippen LogP contribution >= 0.6 is 0 Å². The van der Waals surface area contributed by atoms with E-state index in [1.54, 1.807) is 19.2 Å². The third kappa shape index (κ3) is 4.19. The number of benzene rings is 2. The van der Waals surface area contributed by atoms with Crippen LogP contribution in [0.3, 0.4) is 0 Å². The zero-order chi connectivity index (χ0) is 30.3. The number of likely N-dealkylation sites (tertiary alicyclic amines) is 1. The predicted molar refractivity (Wildman–Crippen MR) is 167 cm³/mol. The second-order valence-corrected chi connectivity index (χ2v) is 12.8. The molecule has 0 spiro atoms. The Hall–Kier alpha value is -4.40. The number of ether oxygens (including phenoxy) is 2. The SMILES string of the molecule is COc1ccc(-c2ccc3cc(-c4nc5cc(C(=O)N6CC7CCC6[C@@H]7C)cc(OC)c5n4C)n(CC4CC4)c3n2)c(F)c1. The zero-order valence-electron chi connectivity index (χ0n) is 25.5. The number of halogens is 1. The number of rotatable bonds is 7. The Bertz CT molecular complexity index is 1960. The third-order valence-corrected chi connectivity index (χ3v) is 10.2. The Morgan fingerprint density at radius 2 is 1.84 bits per heavy atom. The number of fused-ring (bicyclic) bond motifs is 4. The molecule has 1 amide bonds. The summed E-state index contributed by atoms with van der Waals surface area (Å²) >= 11 is 0. The summed E-state index contributed by atoms with van der Waals surface area (Å²) in [6, 6.07) is 14.9. The summed E-state index contributed by atoms with van der Waals surface area (Å²) in [7, 11) is 5.15. The Kier molecular flexibility index (Phi) is 6.22. The average Bonchev–Trinajstić information content (AvgIpc) is 3.44. The number of amides is 1. The average molecular weight is 594 g/mol. The van der Waals surface area contributed by atoms with Gasteiger partial charge >= 0.3 is 0 Å². The second-order valence-electron chi connectivity index (χ2n) is 12.8. The van der Waals surface area contributed by atoms with Gasteiger partial charge in [0, 0.05) is 48.8 Å². The summed E-state index contributed by atoms with van der Waals surface area (Å²) in [5.41, 5.74) is 4.91. The van der Waals surface area contributed by atoms with Crippen molar-refractivity contribution in [3.63, 3.8) is 0 Å². The molecule has 2 bridgehead atoms. The van der Waals surface area contributed by atoms with E-state index in [0.29, 0.717) is 52.1 Å². The number of imidazole rings is 1. The fourth-order valence-electron chi connectivity index (χ4n) is 7.56. The van der Waals surface area contributed by atoms with Crippen molar-refractivity contribution in [3.05, 3.63) is 59.9 Å². The van der Waals surface area contributed by atoms with E-state index in [1.807, 2.05) is 35.9 Å². The molecule has 0 N–H and O–H groups in total. The van der Waals surface area contributed by atoms with Crippen molar-refractivity contribution in [3.8, 4) is 34.3 Å². The molecule has 1 saturated heterocycles. The van der Waals surface area contributed by atoms with Crippen LogP contribution in [0.15, 0.2) is 48.5 Å². The van der Waals surface area contributed by atoms with Crippen LogP contribution in [-0.2, 0) is 13.6 Å². The van der Waals surface area contributed by atoms with Crippen LogP contribution in [0.5, 0.6) is 11.5 Å². The lowest BCUT2D eigenvalue weighted by molar-refractivity contribution is 0.0696. The number of methoxy groups -OCH3 is 2. The van der Waals surface area contributed by atoms with Crippen LogP contribution in [0.25, 0.3) is 44.8 Å². The van der Waals surface area contributed by atoms with E-state index in [2.05, 4.69) is 22.5 Å². The van der Waals surface area contributed by atoms with Gasteiger partial charge in [0.15, 0.2) is 5.82 Å². The molecule has 3 fully saturated rings. The van der Waals surface area contributed by atoms with Gasteiger partial charge in [0.05, 0.1) is 31.1 Å². The van der Waals surface area contributed by atoms with Gasteiger partial charge in [-0.2, -0.15) is 0 Å². The quantitative estimate of drug-likeness (QED) is 0.210. The molecule has 1 aliphatic heterocycles. The predicted octanol–water partition coefficient (Wildman–Crippen LogP) is 6.69. The molecule has 2 aromatic carbocycles. The first kappa shape index (κ1) is 27.2. The lowest BCUT2D eigenvalue weighted by Crippen LogP contribution is -2.38. The number of carbonyl (C=O) groups is 1. The number of aryl methyl sites for hydroxylation is 1. The van der Waals surface area contributed by atoms with E-state index < -0.39 is 0 Å². The van der Waals surface area contributed by atoms with Gasteiger partial charge in [-0.3, -0.25) is 4.79 Å². The minimum atomic E-state index is -0.374. The van der Waals surface area contributed by atoms with Crippen LogP contribution in [0, 0.1) is 23.6 Å². The molecule has 2 saturated carbocycles. The highest BCUT2D eigenvalue weighted by Crippen LogP contribution is 2.44. The second kappa shape index (κ2) is 10.1. The molecular weight excluding hydrogens is 557 g/mol. The molecule has 0 radical (unpaired) electrons. The molecule has 9 heteroatoms. The van der Waals surface area contributed by atoms with Gasteiger partial charge in [0.1, 0.15) is 28.5 Å². The first-order chi connectivity index (χ1) is 21.3. The van der Waals surface area contributed by atoms with Gasteiger partial charge in [-0.05, 0) is 85.9 Å². The Morgan fingerprint density at radius 1 is 1.00 bits per heavy atom. The fraction of sp³-hybridized carbons (Fsp3) is 0.400. The summed E-state index contributed by atoms with van der Waals surface area (Å²) < 4.78 is 30.3. The zero-order valence-corrected chi connectivity index (χ0v) is 25.5. The molecule has 8 rings (SSSR count). The topological polar surface area (TPSA) is 74.4 Å². The van der Waals surface area contributed by atoms with Crippen molar-refractivity contribution < 1.29 is 18.7 Å². The van der Waals surface area contributed by atoms with Crippen molar-refractivity contribution in [2.45, 2.75) is 45.2 Å². The standard InChI is InChI=1S/C35H36FN5O3/c1-19-22-8-12-29(19)41(18-22)35(42)23-13-28-32(31(15-23)44-4)39(2)34(38-28)30-14-21-7-11-27(25-10-9-24(43-3)16-26(25)36)37-33(21)40(30)17-20-5-6-20/h7,9-11,13-16,19-20,22,29H,5-6,8,12,17-18H2,1-4H3/t19-,22?,29?/m1/s1. The van der Waals surface area contributed by atoms with Crippen LogP contribution < -0.4 is 9.47 Å². The number of piperidine rings is 1. The number of hydrogen-bond acceptors (Lipinski definition) is 5. The first-order valence-corrected chi connectivity index (χ1v) is 15.5. The number of hydrogen-bond donors (Lipinski definition) is 0. The lowest BCUT2D eigenvalue weighted by atomic mass is 10.0. The summed E-state index contributed by atoms with van der Waals surface area (Å²) in [5, 5.41) is 0.964. The number of aromatic nitrogens is 4. The number of nitrogens with zero attached hydrogens (tertiary/aromatic N) is 5.